The first kappa shape index (κ1) is 10.4. The van der Waals surface area contributed by atoms with Gasteiger partial charge in [0, 0.05) is 29.3 Å². The van der Waals surface area contributed by atoms with E-state index in [2.05, 4.69) is 22.1 Å². The molecule has 0 amide bonds. The Bertz CT molecular complexity index is 585. The third-order valence-corrected chi connectivity index (χ3v) is 3.31. The van der Waals surface area contributed by atoms with Crippen molar-refractivity contribution in [3.8, 4) is 0 Å². The summed E-state index contributed by atoms with van der Waals surface area (Å²) in [6.07, 6.45) is 3.66. The van der Waals surface area contributed by atoms with Crippen LogP contribution in [0.2, 0.25) is 0 Å². The first-order chi connectivity index (χ1) is 8.24. The van der Waals surface area contributed by atoms with Gasteiger partial charge in [-0.25, -0.2) is 4.39 Å². The van der Waals surface area contributed by atoms with E-state index in [4.69, 9.17) is 0 Å². The topological polar surface area (TPSA) is 41.0 Å². The summed E-state index contributed by atoms with van der Waals surface area (Å²) in [5.41, 5.74) is 2.26. The molecule has 0 saturated carbocycles. The largest absolute Gasteiger partial charge is 0.289 e. The van der Waals surface area contributed by atoms with E-state index in [0.717, 1.165) is 36.0 Å². The monoisotopic (exact) mass is 231 g/mol. The number of aromatic amines is 1. The number of hydrogen-bond acceptors (Lipinski definition) is 2. The van der Waals surface area contributed by atoms with E-state index in [9.17, 15) is 4.39 Å². The summed E-state index contributed by atoms with van der Waals surface area (Å²) in [6.45, 7) is 2.98. The number of H-pyrrole nitrogens is 1. The molecule has 17 heavy (non-hydrogen) atoms. The van der Waals surface area contributed by atoms with E-state index in [1.165, 1.54) is 6.07 Å². The zero-order chi connectivity index (χ0) is 11.8. The number of aliphatic imine (C=N–C) groups is 1. The van der Waals surface area contributed by atoms with Crippen LogP contribution < -0.4 is 0 Å². The predicted molar refractivity (Wildman–Crippen MR) is 65.9 cm³/mol. The number of hydrogen-bond donors (Lipinski definition) is 1. The van der Waals surface area contributed by atoms with E-state index < -0.39 is 0 Å². The minimum atomic E-state index is -0.213. The second-order valence-electron chi connectivity index (χ2n) is 4.72. The molecule has 0 spiro atoms. The average Bonchev–Trinajstić information content (AvgIpc) is 2.76. The van der Waals surface area contributed by atoms with Gasteiger partial charge in [-0.05, 0) is 24.8 Å². The Hall–Kier alpha value is -1.71. The molecule has 1 aliphatic rings. The highest BCUT2D eigenvalue weighted by atomic mass is 19.1. The number of nitrogens with one attached hydrogen (secondary N) is 1. The van der Waals surface area contributed by atoms with Gasteiger partial charge in [0.25, 0.3) is 0 Å². The molecule has 0 bridgehead atoms. The molecule has 1 aromatic heterocycles. The Morgan fingerprint density at radius 3 is 3.06 bits per heavy atom. The van der Waals surface area contributed by atoms with Gasteiger partial charge in [0.1, 0.15) is 5.82 Å². The molecule has 4 heteroatoms. The molecule has 2 heterocycles. The molecule has 0 fully saturated rings. The Balaban J connectivity index is 2.07. The summed E-state index contributed by atoms with van der Waals surface area (Å²) in [5.74, 6) is 0.398. The maximum Gasteiger partial charge on any atom is 0.134 e. The standard InChI is InChI=1S/C13H14FN3/c1-8-2-3-12(15-6-8)10-4-9-7-16-17-13(9)5-11(10)14/h4-5,7-8H,2-3,6H2,1H3,(H,16,17). The van der Waals surface area contributed by atoms with Crippen molar-refractivity contribution in [1.82, 2.24) is 10.2 Å². The van der Waals surface area contributed by atoms with Crippen LogP contribution >= 0.6 is 0 Å². The molecule has 0 radical (unpaired) electrons. The van der Waals surface area contributed by atoms with Crippen LogP contribution in [0.4, 0.5) is 4.39 Å². The lowest BCUT2D eigenvalue weighted by atomic mass is 9.95. The zero-order valence-corrected chi connectivity index (χ0v) is 9.70. The van der Waals surface area contributed by atoms with Gasteiger partial charge in [-0.2, -0.15) is 5.10 Å². The lowest BCUT2D eigenvalue weighted by Gasteiger charge is -2.17. The SMILES string of the molecule is CC1CCC(c2cc3cn[nH]c3cc2F)=NC1. The van der Waals surface area contributed by atoms with Gasteiger partial charge in [0.15, 0.2) is 0 Å². The fraction of sp³-hybridized carbons (Fsp3) is 0.385. The van der Waals surface area contributed by atoms with Crippen LogP contribution in [0.1, 0.15) is 25.3 Å². The fourth-order valence-corrected chi connectivity index (χ4v) is 2.23. The normalized spacial score (nSPS) is 20.6. The van der Waals surface area contributed by atoms with Crippen LogP contribution in [0.3, 0.4) is 0 Å². The smallest absolute Gasteiger partial charge is 0.134 e. The van der Waals surface area contributed by atoms with Gasteiger partial charge in [-0.3, -0.25) is 10.1 Å². The zero-order valence-electron chi connectivity index (χ0n) is 9.70. The number of rotatable bonds is 1. The van der Waals surface area contributed by atoms with E-state index in [1.807, 2.05) is 6.07 Å². The molecule has 0 saturated heterocycles. The van der Waals surface area contributed by atoms with Crippen LogP contribution in [0.25, 0.3) is 10.9 Å². The van der Waals surface area contributed by atoms with E-state index in [1.54, 1.807) is 6.20 Å². The summed E-state index contributed by atoms with van der Waals surface area (Å²) < 4.78 is 14.0. The fourth-order valence-electron chi connectivity index (χ4n) is 2.23. The Kier molecular flexibility index (Phi) is 2.42. The highest BCUT2D eigenvalue weighted by Crippen LogP contribution is 2.23. The molecule has 0 aliphatic carbocycles. The van der Waals surface area contributed by atoms with Gasteiger partial charge in [-0.1, -0.05) is 6.92 Å². The maximum atomic E-state index is 14.0. The number of halogens is 1. The van der Waals surface area contributed by atoms with Crippen molar-refractivity contribution in [3.05, 3.63) is 29.7 Å². The molecular formula is C13H14FN3. The van der Waals surface area contributed by atoms with E-state index in [0.29, 0.717) is 11.5 Å². The van der Waals surface area contributed by atoms with Crippen molar-refractivity contribution in [3.63, 3.8) is 0 Å². The molecule has 1 atom stereocenters. The van der Waals surface area contributed by atoms with Crippen molar-refractivity contribution >= 4 is 16.6 Å². The lowest BCUT2D eigenvalue weighted by Crippen LogP contribution is -2.15. The quantitative estimate of drug-likeness (QED) is 0.805. The Labute approximate surface area is 98.8 Å². The molecule has 3 rings (SSSR count). The first-order valence-corrected chi connectivity index (χ1v) is 5.90. The summed E-state index contributed by atoms with van der Waals surface area (Å²) in [4.78, 5) is 4.48. The first-order valence-electron chi connectivity index (χ1n) is 5.90. The summed E-state index contributed by atoms with van der Waals surface area (Å²) >= 11 is 0. The Morgan fingerprint density at radius 2 is 2.29 bits per heavy atom. The molecule has 1 N–H and O–H groups in total. The summed E-state index contributed by atoms with van der Waals surface area (Å²) in [5, 5.41) is 7.61. The predicted octanol–water partition coefficient (Wildman–Crippen LogP) is 2.92. The minimum absolute atomic E-state index is 0.213. The molecule has 88 valence electrons. The highest BCUT2D eigenvalue weighted by molar-refractivity contribution is 6.03. The van der Waals surface area contributed by atoms with Crippen LogP contribution in [0.5, 0.6) is 0 Å². The second kappa shape index (κ2) is 3.95. The van der Waals surface area contributed by atoms with Crippen molar-refractivity contribution in [2.75, 3.05) is 6.54 Å². The molecule has 1 unspecified atom stereocenters. The number of nitrogens with zero attached hydrogens (tertiary/aromatic N) is 2. The van der Waals surface area contributed by atoms with E-state index in [-0.39, 0.29) is 5.82 Å². The summed E-state index contributed by atoms with van der Waals surface area (Å²) in [7, 11) is 0. The average molecular weight is 231 g/mol. The van der Waals surface area contributed by atoms with Crippen molar-refractivity contribution in [1.29, 1.82) is 0 Å². The minimum Gasteiger partial charge on any atom is -0.289 e. The molecule has 3 nitrogen and oxygen atoms in total. The Morgan fingerprint density at radius 1 is 1.41 bits per heavy atom. The second-order valence-corrected chi connectivity index (χ2v) is 4.72. The van der Waals surface area contributed by atoms with Crippen LogP contribution in [0.15, 0.2) is 23.3 Å². The van der Waals surface area contributed by atoms with Crippen molar-refractivity contribution in [2.24, 2.45) is 10.9 Å². The maximum absolute atomic E-state index is 14.0. The van der Waals surface area contributed by atoms with Crippen LogP contribution in [-0.4, -0.2) is 22.5 Å². The van der Waals surface area contributed by atoms with Crippen molar-refractivity contribution in [2.45, 2.75) is 19.8 Å². The molecule has 1 aliphatic heterocycles. The van der Waals surface area contributed by atoms with Crippen LogP contribution in [-0.2, 0) is 0 Å². The molecule has 1 aromatic carbocycles. The number of benzene rings is 1. The molecule has 2 aromatic rings. The third kappa shape index (κ3) is 1.84. The summed E-state index contributed by atoms with van der Waals surface area (Å²) in [6, 6.07) is 3.33. The highest BCUT2D eigenvalue weighted by Gasteiger charge is 2.16. The third-order valence-electron chi connectivity index (χ3n) is 3.31. The van der Waals surface area contributed by atoms with Gasteiger partial charge in [0.2, 0.25) is 0 Å². The number of aromatic nitrogens is 2. The van der Waals surface area contributed by atoms with Gasteiger partial charge in [0.05, 0.1) is 11.7 Å². The van der Waals surface area contributed by atoms with Crippen molar-refractivity contribution < 1.29 is 4.39 Å². The van der Waals surface area contributed by atoms with E-state index >= 15 is 0 Å². The number of fused-ring (bicyclic) bond motifs is 1. The van der Waals surface area contributed by atoms with Gasteiger partial charge < -0.3 is 0 Å². The lowest BCUT2D eigenvalue weighted by molar-refractivity contribution is 0.536. The van der Waals surface area contributed by atoms with Crippen LogP contribution in [0, 0.1) is 11.7 Å². The van der Waals surface area contributed by atoms with Gasteiger partial charge in [-0.15, -0.1) is 0 Å². The van der Waals surface area contributed by atoms with Gasteiger partial charge >= 0.3 is 0 Å². The molecular weight excluding hydrogens is 217 g/mol.